The highest BCUT2D eigenvalue weighted by Crippen LogP contribution is 2.47. The number of hydrogen-bond acceptors (Lipinski definition) is 3. The van der Waals surface area contributed by atoms with Crippen LogP contribution in [0.1, 0.15) is 40.5 Å². The molecule has 0 bridgehead atoms. The molecule has 100 valence electrons. The smallest absolute Gasteiger partial charge is 0.333 e. The second kappa shape index (κ2) is 6.94. The van der Waals surface area contributed by atoms with Crippen molar-refractivity contribution in [1.82, 2.24) is 0 Å². The standard InChI is InChI=1S/C11H21O5P/c1-5-9(11(12)16-7-3)8(4)10(6-2)17(13,14)15/h10H,5-7H2,1-4H3,(H2,13,14,15). The van der Waals surface area contributed by atoms with E-state index < -0.39 is 19.2 Å². The summed E-state index contributed by atoms with van der Waals surface area (Å²) in [5, 5.41) is 0. The van der Waals surface area contributed by atoms with Crippen molar-refractivity contribution in [3.8, 4) is 0 Å². The van der Waals surface area contributed by atoms with Crippen molar-refractivity contribution in [3.05, 3.63) is 11.1 Å². The fourth-order valence-corrected chi connectivity index (χ4v) is 2.94. The fraction of sp³-hybridized carbons (Fsp3) is 0.727. The molecule has 6 heteroatoms. The third-order valence-corrected chi connectivity index (χ3v) is 4.21. The minimum atomic E-state index is -4.22. The van der Waals surface area contributed by atoms with Crippen molar-refractivity contribution in [2.45, 2.75) is 46.2 Å². The lowest BCUT2D eigenvalue weighted by Gasteiger charge is -2.20. The van der Waals surface area contributed by atoms with E-state index in [-0.39, 0.29) is 6.61 Å². The van der Waals surface area contributed by atoms with Gasteiger partial charge in [-0.15, -0.1) is 0 Å². The second-order valence-electron chi connectivity index (χ2n) is 3.75. The number of hydrogen-bond donors (Lipinski definition) is 2. The van der Waals surface area contributed by atoms with Gasteiger partial charge in [0.1, 0.15) is 0 Å². The average molecular weight is 264 g/mol. The Morgan fingerprint density at radius 2 is 1.82 bits per heavy atom. The van der Waals surface area contributed by atoms with Gasteiger partial charge in [0.05, 0.1) is 12.3 Å². The molecule has 1 unspecified atom stereocenters. The fourth-order valence-electron chi connectivity index (χ4n) is 1.80. The zero-order valence-electron chi connectivity index (χ0n) is 10.8. The Bertz CT molecular complexity index is 342. The predicted octanol–water partition coefficient (Wildman–Crippen LogP) is 2.23. The van der Waals surface area contributed by atoms with Gasteiger partial charge in [-0.25, -0.2) is 4.79 Å². The lowest BCUT2D eigenvalue weighted by Crippen LogP contribution is -2.16. The van der Waals surface area contributed by atoms with Gasteiger partial charge in [-0.2, -0.15) is 0 Å². The van der Waals surface area contributed by atoms with Gasteiger partial charge in [0.2, 0.25) is 0 Å². The van der Waals surface area contributed by atoms with Gasteiger partial charge in [0.15, 0.2) is 0 Å². The molecule has 0 rings (SSSR count). The largest absolute Gasteiger partial charge is 0.463 e. The normalized spacial score (nSPS) is 15.2. The number of allylic oxidation sites excluding steroid dienone is 1. The summed E-state index contributed by atoms with van der Waals surface area (Å²) >= 11 is 0. The summed E-state index contributed by atoms with van der Waals surface area (Å²) in [5.41, 5.74) is -0.106. The summed E-state index contributed by atoms with van der Waals surface area (Å²) in [7, 11) is -4.22. The molecule has 0 aliphatic carbocycles. The van der Waals surface area contributed by atoms with Crippen LogP contribution in [0, 0.1) is 0 Å². The van der Waals surface area contributed by atoms with Crippen LogP contribution in [0.25, 0.3) is 0 Å². The molecule has 0 aromatic carbocycles. The first kappa shape index (κ1) is 16.4. The molecule has 0 spiro atoms. The van der Waals surface area contributed by atoms with Crippen LogP contribution in [0.4, 0.5) is 0 Å². The van der Waals surface area contributed by atoms with Crippen LogP contribution in [0.15, 0.2) is 11.1 Å². The van der Waals surface area contributed by atoms with E-state index in [2.05, 4.69) is 0 Å². The van der Waals surface area contributed by atoms with Crippen LogP contribution in [0.5, 0.6) is 0 Å². The zero-order chi connectivity index (χ0) is 13.6. The van der Waals surface area contributed by atoms with Gasteiger partial charge in [-0.3, -0.25) is 4.57 Å². The van der Waals surface area contributed by atoms with E-state index in [1.54, 1.807) is 27.7 Å². The van der Waals surface area contributed by atoms with Crippen LogP contribution >= 0.6 is 7.60 Å². The van der Waals surface area contributed by atoms with E-state index in [1.807, 2.05) is 0 Å². The third kappa shape index (κ3) is 4.62. The Morgan fingerprint density at radius 3 is 2.12 bits per heavy atom. The van der Waals surface area contributed by atoms with E-state index in [9.17, 15) is 19.1 Å². The molecule has 0 aliphatic heterocycles. The van der Waals surface area contributed by atoms with E-state index >= 15 is 0 Å². The third-order valence-electron chi connectivity index (χ3n) is 2.64. The van der Waals surface area contributed by atoms with Gasteiger partial charge in [0.25, 0.3) is 0 Å². The van der Waals surface area contributed by atoms with Crippen molar-refractivity contribution in [1.29, 1.82) is 0 Å². The van der Waals surface area contributed by atoms with E-state index in [0.717, 1.165) is 0 Å². The summed E-state index contributed by atoms with van der Waals surface area (Å²) in [6, 6.07) is 0. The van der Waals surface area contributed by atoms with Crippen LogP contribution in [0.2, 0.25) is 0 Å². The summed E-state index contributed by atoms with van der Waals surface area (Å²) in [5.74, 6) is -0.487. The summed E-state index contributed by atoms with van der Waals surface area (Å²) in [6.45, 7) is 6.99. The molecule has 0 heterocycles. The number of ether oxygens (including phenoxy) is 1. The first-order valence-electron chi connectivity index (χ1n) is 5.71. The quantitative estimate of drug-likeness (QED) is 0.436. The highest BCUT2D eigenvalue weighted by Gasteiger charge is 2.31. The maximum atomic E-state index is 11.6. The minimum Gasteiger partial charge on any atom is -0.463 e. The number of esters is 1. The molecule has 17 heavy (non-hydrogen) atoms. The molecule has 0 amide bonds. The Balaban J connectivity index is 5.34. The monoisotopic (exact) mass is 264 g/mol. The first-order valence-corrected chi connectivity index (χ1v) is 7.39. The van der Waals surface area contributed by atoms with Crippen LogP contribution in [-0.2, 0) is 14.1 Å². The number of carbonyl (C=O) groups excluding carboxylic acids is 1. The molecule has 0 saturated heterocycles. The average Bonchev–Trinajstić information content (AvgIpc) is 2.17. The first-order chi connectivity index (χ1) is 7.79. The van der Waals surface area contributed by atoms with Crippen LogP contribution in [0.3, 0.4) is 0 Å². The highest BCUT2D eigenvalue weighted by atomic mass is 31.2. The van der Waals surface area contributed by atoms with Crippen LogP contribution < -0.4 is 0 Å². The molecule has 0 fully saturated rings. The molecular formula is C11H21O5P. The zero-order valence-corrected chi connectivity index (χ0v) is 11.7. The van der Waals surface area contributed by atoms with Gasteiger partial charge in [-0.05, 0) is 32.3 Å². The molecule has 0 aromatic heterocycles. The van der Waals surface area contributed by atoms with Gasteiger partial charge < -0.3 is 14.5 Å². The molecule has 0 saturated carbocycles. The summed E-state index contributed by atoms with van der Waals surface area (Å²) in [4.78, 5) is 30.1. The van der Waals surface area contributed by atoms with Crippen molar-refractivity contribution in [2.24, 2.45) is 0 Å². The van der Waals surface area contributed by atoms with E-state index in [0.29, 0.717) is 24.0 Å². The van der Waals surface area contributed by atoms with Crippen LogP contribution in [-0.4, -0.2) is 28.0 Å². The minimum absolute atomic E-state index is 0.252. The Hall–Kier alpha value is -0.640. The van der Waals surface area contributed by atoms with Crippen molar-refractivity contribution >= 4 is 13.6 Å². The summed E-state index contributed by atoms with van der Waals surface area (Å²) < 4.78 is 16.2. The van der Waals surface area contributed by atoms with Crippen molar-refractivity contribution in [3.63, 3.8) is 0 Å². The number of rotatable bonds is 6. The predicted molar refractivity (Wildman–Crippen MR) is 65.7 cm³/mol. The van der Waals surface area contributed by atoms with Gasteiger partial charge in [-0.1, -0.05) is 13.8 Å². The molecule has 0 aromatic rings. The highest BCUT2D eigenvalue weighted by molar-refractivity contribution is 7.52. The topological polar surface area (TPSA) is 83.8 Å². The lowest BCUT2D eigenvalue weighted by molar-refractivity contribution is -0.138. The Morgan fingerprint density at radius 1 is 1.29 bits per heavy atom. The summed E-state index contributed by atoms with van der Waals surface area (Å²) in [6.07, 6.45) is 0.695. The molecule has 2 N–H and O–H groups in total. The van der Waals surface area contributed by atoms with E-state index in [4.69, 9.17) is 4.74 Å². The van der Waals surface area contributed by atoms with Gasteiger partial charge in [0, 0.05) is 5.57 Å². The molecule has 0 radical (unpaired) electrons. The van der Waals surface area contributed by atoms with Crippen molar-refractivity contribution < 1.29 is 23.9 Å². The Kier molecular flexibility index (Phi) is 6.68. The SMILES string of the molecule is CCOC(=O)C(CC)=C(C)C(CC)P(=O)(O)O. The molecular weight excluding hydrogens is 243 g/mol. The number of carbonyl (C=O) groups is 1. The molecule has 1 atom stereocenters. The van der Waals surface area contributed by atoms with E-state index in [1.165, 1.54) is 0 Å². The van der Waals surface area contributed by atoms with Crippen molar-refractivity contribution in [2.75, 3.05) is 6.61 Å². The maximum absolute atomic E-state index is 11.6. The van der Waals surface area contributed by atoms with Gasteiger partial charge >= 0.3 is 13.6 Å². The molecule has 0 aliphatic rings. The second-order valence-corrected chi connectivity index (χ2v) is 5.55. The molecule has 5 nitrogen and oxygen atoms in total. The Labute approximate surface area is 102 Å². The maximum Gasteiger partial charge on any atom is 0.333 e. The lowest BCUT2D eigenvalue weighted by atomic mass is 10.0.